The van der Waals surface area contributed by atoms with Crippen LogP contribution in [0.5, 0.6) is 5.75 Å². The molecular weight excluding hydrogens is 457 g/mol. The predicted octanol–water partition coefficient (Wildman–Crippen LogP) is 4.75. The third-order valence-corrected chi connectivity index (χ3v) is 5.79. The van der Waals surface area contributed by atoms with Gasteiger partial charge >= 0.3 is 0 Å². The highest BCUT2D eigenvalue weighted by atomic mass is 35.5. The molecule has 7 nitrogen and oxygen atoms in total. The fraction of sp³-hybridized carbons (Fsp3) is 0.167. The molecule has 152 valence electrons. The fourth-order valence-electron chi connectivity index (χ4n) is 2.39. The number of hydrogen-bond acceptors (Lipinski definition) is 6. The number of nitrogens with one attached hydrogen (secondary N) is 1. The summed E-state index contributed by atoms with van der Waals surface area (Å²) in [4.78, 5) is 12.6. The molecule has 29 heavy (non-hydrogen) atoms. The Morgan fingerprint density at radius 3 is 2.38 bits per heavy atom. The number of ether oxygens (including phenoxy) is 1. The lowest BCUT2D eigenvalue weighted by Crippen LogP contribution is -2.24. The number of nitrogen functional groups attached to an aromatic ring is 1. The molecule has 0 saturated carbocycles. The number of rotatable bonds is 6. The van der Waals surface area contributed by atoms with E-state index < -0.39 is 5.25 Å². The van der Waals surface area contributed by atoms with E-state index in [9.17, 15) is 4.79 Å². The molecule has 0 saturated heterocycles. The van der Waals surface area contributed by atoms with E-state index >= 15 is 0 Å². The molecule has 3 N–H and O–H groups in total. The summed E-state index contributed by atoms with van der Waals surface area (Å²) in [5, 5.41) is 11.6. The average Bonchev–Trinajstić information content (AvgIpc) is 3.04. The predicted molar refractivity (Wildman–Crippen MR) is 118 cm³/mol. The zero-order valence-electron chi connectivity index (χ0n) is 15.3. The molecule has 1 unspecified atom stereocenters. The summed E-state index contributed by atoms with van der Waals surface area (Å²) in [6.07, 6.45) is 0. The smallest absolute Gasteiger partial charge is 0.237 e. The maximum atomic E-state index is 12.6. The second kappa shape index (κ2) is 9.13. The van der Waals surface area contributed by atoms with Gasteiger partial charge in [0.1, 0.15) is 5.75 Å². The quantitative estimate of drug-likeness (QED) is 0.397. The molecule has 3 aromatic rings. The van der Waals surface area contributed by atoms with Gasteiger partial charge in [0.05, 0.1) is 28.1 Å². The first-order valence-corrected chi connectivity index (χ1v) is 10.3. The minimum absolute atomic E-state index is 0.247. The molecule has 1 heterocycles. The van der Waals surface area contributed by atoms with Crippen LogP contribution in [0.4, 0.5) is 5.69 Å². The minimum atomic E-state index is -0.548. The van der Waals surface area contributed by atoms with Gasteiger partial charge in [-0.25, -0.2) is 4.68 Å². The molecule has 0 aliphatic heterocycles. The largest absolute Gasteiger partial charge is 0.497 e. The number of methoxy groups -OCH3 is 1. The molecule has 0 bridgehead atoms. The van der Waals surface area contributed by atoms with Crippen LogP contribution in [0.2, 0.25) is 15.1 Å². The Morgan fingerprint density at radius 2 is 1.79 bits per heavy atom. The van der Waals surface area contributed by atoms with Gasteiger partial charge in [0.25, 0.3) is 0 Å². The Balaban J connectivity index is 1.73. The van der Waals surface area contributed by atoms with Crippen LogP contribution in [-0.4, -0.2) is 33.1 Å². The first kappa shape index (κ1) is 21.6. The number of aromatic nitrogens is 3. The van der Waals surface area contributed by atoms with Gasteiger partial charge in [0.2, 0.25) is 11.1 Å². The van der Waals surface area contributed by atoms with Gasteiger partial charge < -0.3 is 15.9 Å². The molecule has 0 spiro atoms. The lowest BCUT2D eigenvalue weighted by atomic mass is 10.2. The van der Waals surface area contributed by atoms with Crippen LogP contribution in [0.15, 0.2) is 41.6 Å². The highest BCUT2D eigenvalue weighted by Gasteiger charge is 2.21. The van der Waals surface area contributed by atoms with Crippen molar-refractivity contribution in [1.82, 2.24) is 14.9 Å². The summed E-state index contributed by atoms with van der Waals surface area (Å²) in [6, 6.07) is 10.2. The number of anilines is 1. The van der Waals surface area contributed by atoms with E-state index in [4.69, 9.17) is 45.4 Å². The van der Waals surface area contributed by atoms with Gasteiger partial charge in [-0.1, -0.05) is 46.6 Å². The zero-order valence-corrected chi connectivity index (χ0v) is 18.4. The van der Waals surface area contributed by atoms with Gasteiger partial charge in [0.15, 0.2) is 5.82 Å². The number of hydrogen-bond donors (Lipinski definition) is 2. The van der Waals surface area contributed by atoms with Gasteiger partial charge in [-0.2, -0.15) is 0 Å². The lowest BCUT2D eigenvalue weighted by Gasteiger charge is -2.14. The van der Waals surface area contributed by atoms with E-state index in [0.29, 0.717) is 21.7 Å². The molecule has 11 heteroatoms. The number of nitrogens with two attached hydrogens (primary N) is 1. The maximum absolute atomic E-state index is 12.6. The lowest BCUT2D eigenvalue weighted by molar-refractivity contribution is -0.115. The summed E-state index contributed by atoms with van der Waals surface area (Å²) >= 11 is 19.3. The second-order valence-electron chi connectivity index (χ2n) is 5.90. The third kappa shape index (κ3) is 4.90. The van der Waals surface area contributed by atoms with Crippen molar-refractivity contribution in [3.05, 3.63) is 51.5 Å². The summed E-state index contributed by atoms with van der Waals surface area (Å²) < 4.78 is 6.47. The van der Waals surface area contributed by atoms with Crippen molar-refractivity contribution in [3.63, 3.8) is 0 Å². The first-order valence-electron chi connectivity index (χ1n) is 8.27. The number of carbonyl (C=O) groups excluding carboxylic acids is 1. The minimum Gasteiger partial charge on any atom is -0.497 e. The molecule has 2 aromatic carbocycles. The van der Waals surface area contributed by atoms with E-state index in [-0.39, 0.29) is 16.0 Å². The highest BCUT2D eigenvalue weighted by molar-refractivity contribution is 8.00. The first-order chi connectivity index (χ1) is 13.8. The average molecular weight is 473 g/mol. The number of carbonyl (C=O) groups is 1. The summed E-state index contributed by atoms with van der Waals surface area (Å²) in [5.74, 6) is 6.98. The van der Waals surface area contributed by atoms with E-state index in [1.165, 1.54) is 16.8 Å². The van der Waals surface area contributed by atoms with Crippen molar-refractivity contribution in [2.75, 3.05) is 18.3 Å². The zero-order chi connectivity index (χ0) is 21.1. The van der Waals surface area contributed by atoms with Crippen LogP contribution in [0.1, 0.15) is 6.92 Å². The summed E-state index contributed by atoms with van der Waals surface area (Å²) in [6.45, 7) is 1.71. The van der Waals surface area contributed by atoms with Crippen molar-refractivity contribution < 1.29 is 9.53 Å². The van der Waals surface area contributed by atoms with Crippen molar-refractivity contribution >= 4 is 58.2 Å². The fourth-order valence-corrected chi connectivity index (χ4v) is 4.07. The summed E-state index contributed by atoms with van der Waals surface area (Å²) in [5.41, 5.74) is 1.06. The van der Waals surface area contributed by atoms with E-state index in [1.54, 1.807) is 26.2 Å². The topological polar surface area (TPSA) is 95.1 Å². The molecular formula is C18H16Cl3N5O2S. The number of halogens is 3. The molecule has 1 atom stereocenters. The number of nitrogens with zero attached hydrogens (tertiary/aromatic N) is 3. The monoisotopic (exact) mass is 471 g/mol. The van der Waals surface area contributed by atoms with Gasteiger partial charge in [-0.05, 0) is 43.3 Å². The Morgan fingerprint density at radius 1 is 1.17 bits per heavy atom. The molecule has 1 amide bonds. The van der Waals surface area contributed by atoms with Crippen LogP contribution >= 0.6 is 46.6 Å². The molecule has 1 aromatic heterocycles. The molecule has 3 rings (SSSR count). The molecule has 0 fully saturated rings. The molecule has 0 aliphatic carbocycles. The van der Waals surface area contributed by atoms with E-state index in [1.807, 2.05) is 12.1 Å². The molecule has 0 radical (unpaired) electrons. The van der Waals surface area contributed by atoms with Crippen molar-refractivity contribution in [1.29, 1.82) is 0 Å². The van der Waals surface area contributed by atoms with Crippen LogP contribution in [-0.2, 0) is 4.79 Å². The van der Waals surface area contributed by atoms with Gasteiger partial charge in [-0.15, -0.1) is 10.2 Å². The molecule has 0 aliphatic rings. The Labute approximate surface area is 186 Å². The number of amides is 1. The number of benzene rings is 2. The van der Waals surface area contributed by atoms with Crippen LogP contribution in [0.25, 0.3) is 11.4 Å². The van der Waals surface area contributed by atoms with Gasteiger partial charge in [0, 0.05) is 10.6 Å². The normalized spacial score (nSPS) is 11.9. The van der Waals surface area contributed by atoms with Crippen molar-refractivity contribution in [2.24, 2.45) is 0 Å². The van der Waals surface area contributed by atoms with Crippen molar-refractivity contribution in [3.8, 4) is 17.1 Å². The van der Waals surface area contributed by atoms with Gasteiger partial charge in [-0.3, -0.25) is 4.79 Å². The van der Waals surface area contributed by atoms with E-state index in [2.05, 4.69) is 15.5 Å². The standard InChI is InChI=1S/C18H16Cl3N5O2S/c1-9(17(27)23-15-13(20)7-11(19)8-14(15)21)29-18-25-24-16(26(18)22)10-3-5-12(28-2)6-4-10/h3-9H,22H2,1-2H3,(H,23,27). The Bertz CT molecular complexity index is 1020. The number of thioether (sulfide) groups is 1. The van der Waals surface area contributed by atoms with E-state index in [0.717, 1.165) is 23.1 Å². The van der Waals surface area contributed by atoms with Crippen LogP contribution in [0.3, 0.4) is 0 Å². The maximum Gasteiger partial charge on any atom is 0.237 e. The Hall–Kier alpha value is -2.13. The van der Waals surface area contributed by atoms with Crippen molar-refractivity contribution in [2.45, 2.75) is 17.3 Å². The summed E-state index contributed by atoms with van der Waals surface area (Å²) in [7, 11) is 1.59. The van der Waals surface area contributed by atoms with Crippen LogP contribution in [0, 0.1) is 0 Å². The Kier molecular flexibility index (Phi) is 6.79. The van der Waals surface area contributed by atoms with Crippen LogP contribution < -0.4 is 15.9 Å². The second-order valence-corrected chi connectivity index (χ2v) is 8.46. The highest BCUT2D eigenvalue weighted by Crippen LogP contribution is 2.34. The third-order valence-electron chi connectivity index (χ3n) is 3.92. The SMILES string of the molecule is COc1ccc(-c2nnc(SC(C)C(=O)Nc3c(Cl)cc(Cl)cc3Cl)n2N)cc1.